The molecule has 0 aliphatic carbocycles. The first-order valence-corrected chi connectivity index (χ1v) is 4.02. The predicted octanol–water partition coefficient (Wildman–Crippen LogP) is 2.12. The zero-order chi connectivity index (χ0) is 9.19. The van der Waals surface area contributed by atoms with E-state index < -0.39 is 12.1 Å². The SMILES string of the molecule is CC(CN)(CF)c1ccc(Cl)o1. The molecule has 0 aliphatic rings. The number of hydrogen-bond acceptors (Lipinski definition) is 2. The fourth-order valence-electron chi connectivity index (χ4n) is 0.860. The summed E-state index contributed by atoms with van der Waals surface area (Å²) in [6.45, 7) is 1.35. The Morgan fingerprint density at radius 1 is 1.67 bits per heavy atom. The van der Waals surface area contributed by atoms with Crippen LogP contribution in [-0.2, 0) is 5.41 Å². The zero-order valence-corrected chi connectivity index (χ0v) is 7.57. The van der Waals surface area contributed by atoms with Crippen molar-refractivity contribution in [2.45, 2.75) is 12.3 Å². The summed E-state index contributed by atoms with van der Waals surface area (Å²) in [5.74, 6) is 0.498. The van der Waals surface area contributed by atoms with E-state index in [1.54, 1.807) is 19.1 Å². The number of nitrogens with two attached hydrogens (primary N) is 1. The number of hydrogen-bond donors (Lipinski definition) is 1. The van der Waals surface area contributed by atoms with Crippen molar-refractivity contribution in [1.29, 1.82) is 0 Å². The maximum absolute atomic E-state index is 12.6. The van der Waals surface area contributed by atoms with Gasteiger partial charge in [0.15, 0.2) is 5.22 Å². The first kappa shape index (κ1) is 9.55. The molecule has 0 amide bonds. The molecule has 0 aliphatic heterocycles. The summed E-state index contributed by atoms with van der Waals surface area (Å²) in [4.78, 5) is 0. The van der Waals surface area contributed by atoms with E-state index in [9.17, 15) is 4.39 Å². The van der Waals surface area contributed by atoms with Crippen LogP contribution in [0.5, 0.6) is 0 Å². The molecular formula is C8H11ClFNO. The molecule has 0 spiro atoms. The highest BCUT2D eigenvalue weighted by atomic mass is 35.5. The van der Waals surface area contributed by atoms with Crippen molar-refractivity contribution in [2.75, 3.05) is 13.2 Å². The molecule has 4 heteroatoms. The molecule has 12 heavy (non-hydrogen) atoms. The largest absolute Gasteiger partial charge is 0.449 e. The molecule has 0 fully saturated rings. The fraction of sp³-hybridized carbons (Fsp3) is 0.500. The van der Waals surface area contributed by atoms with Crippen LogP contribution in [0.25, 0.3) is 0 Å². The summed E-state index contributed by atoms with van der Waals surface area (Å²) in [7, 11) is 0. The van der Waals surface area contributed by atoms with Crippen LogP contribution in [0.4, 0.5) is 4.39 Å². The van der Waals surface area contributed by atoms with Crippen LogP contribution < -0.4 is 5.73 Å². The molecule has 1 unspecified atom stereocenters. The van der Waals surface area contributed by atoms with E-state index in [-0.39, 0.29) is 11.8 Å². The summed E-state index contributed by atoms with van der Waals surface area (Å²) < 4.78 is 17.6. The van der Waals surface area contributed by atoms with E-state index in [0.29, 0.717) is 5.76 Å². The van der Waals surface area contributed by atoms with Gasteiger partial charge in [-0.15, -0.1) is 0 Å². The summed E-state index contributed by atoms with van der Waals surface area (Å²) in [5.41, 5.74) is 4.67. The second-order valence-electron chi connectivity index (χ2n) is 3.00. The third-order valence-corrected chi connectivity index (χ3v) is 2.12. The molecule has 2 nitrogen and oxygen atoms in total. The van der Waals surface area contributed by atoms with E-state index in [1.165, 1.54) is 0 Å². The lowest BCUT2D eigenvalue weighted by Gasteiger charge is -2.20. The lowest BCUT2D eigenvalue weighted by atomic mass is 9.90. The third kappa shape index (κ3) is 1.62. The number of halogens is 2. The highest BCUT2D eigenvalue weighted by Gasteiger charge is 2.28. The van der Waals surface area contributed by atoms with Gasteiger partial charge in [0.25, 0.3) is 0 Å². The molecule has 68 valence electrons. The summed E-state index contributed by atoms with van der Waals surface area (Å²) in [5, 5.41) is 0.262. The molecule has 1 heterocycles. The maximum Gasteiger partial charge on any atom is 0.193 e. The average molecular weight is 192 g/mol. The molecule has 1 atom stereocenters. The van der Waals surface area contributed by atoms with Crippen LogP contribution in [0.3, 0.4) is 0 Å². The highest BCUT2D eigenvalue weighted by Crippen LogP contribution is 2.26. The van der Waals surface area contributed by atoms with E-state index in [4.69, 9.17) is 21.8 Å². The Labute approximate surface area is 75.5 Å². The van der Waals surface area contributed by atoms with Crippen molar-refractivity contribution in [3.05, 3.63) is 23.1 Å². The van der Waals surface area contributed by atoms with Crippen LogP contribution in [-0.4, -0.2) is 13.2 Å². The zero-order valence-electron chi connectivity index (χ0n) is 6.81. The number of furan rings is 1. The molecular weight excluding hydrogens is 181 g/mol. The first-order valence-electron chi connectivity index (χ1n) is 3.64. The first-order chi connectivity index (χ1) is 5.62. The predicted molar refractivity (Wildman–Crippen MR) is 46.1 cm³/mol. The van der Waals surface area contributed by atoms with E-state index >= 15 is 0 Å². The van der Waals surface area contributed by atoms with Crippen molar-refractivity contribution in [3.63, 3.8) is 0 Å². The lowest BCUT2D eigenvalue weighted by Crippen LogP contribution is -2.33. The normalized spacial score (nSPS) is 16.0. The molecule has 0 radical (unpaired) electrons. The van der Waals surface area contributed by atoms with Crippen LogP contribution >= 0.6 is 11.6 Å². The van der Waals surface area contributed by atoms with Crippen LogP contribution in [0.2, 0.25) is 5.22 Å². The van der Waals surface area contributed by atoms with Gasteiger partial charge in [-0.25, -0.2) is 4.39 Å². The van der Waals surface area contributed by atoms with Crippen LogP contribution in [0, 0.1) is 0 Å². The third-order valence-electron chi connectivity index (χ3n) is 1.91. The van der Waals surface area contributed by atoms with Crippen molar-refractivity contribution in [3.8, 4) is 0 Å². The van der Waals surface area contributed by atoms with Crippen molar-refractivity contribution in [2.24, 2.45) is 5.73 Å². The van der Waals surface area contributed by atoms with Crippen LogP contribution in [0.15, 0.2) is 16.5 Å². The quantitative estimate of drug-likeness (QED) is 0.795. The van der Waals surface area contributed by atoms with Gasteiger partial charge in [-0.1, -0.05) is 0 Å². The minimum absolute atomic E-state index is 0.202. The Balaban J connectivity index is 2.94. The average Bonchev–Trinajstić information content (AvgIpc) is 2.51. The molecule has 1 aromatic rings. The van der Waals surface area contributed by atoms with E-state index in [1.807, 2.05) is 0 Å². The Morgan fingerprint density at radius 3 is 2.67 bits per heavy atom. The molecule has 1 aromatic heterocycles. The second-order valence-corrected chi connectivity index (χ2v) is 3.37. The summed E-state index contributed by atoms with van der Waals surface area (Å²) in [6.07, 6.45) is 0. The van der Waals surface area contributed by atoms with E-state index in [0.717, 1.165) is 0 Å². The van der Waals surface area contributed by atoms with E-state index in [2.05, 4.69) is 0 Å². The topological polar surface area (TPSA) is 39.2 Å². The maximum atomic E-state index is 12.6. The smallest absolute Gasteiger partial charge is 0.193 e. The molecule has 1 rings (SSSR count). The number of alkyl halides is 1. The molecule has 0 bridgehead atoms. The van der Waals surface area contributed by atoms with Gasteiger partial charge in [0.1, 0.15) is 12.4 Å². The highest BCUT2D eigenvalue weighted by molar-refractivity contribution is 6.28. The molecule has 2 N–H and O–H groups in total. The van der Waals surface area contributed by atoms with Gasteiger partial charge in [0, 0.05) is 6.54 Å². The van der Waals surface area contributed by atoms with Gasteiger partial charge in [0.2, 0.25) is 0 Å². The van der Waals surface area contributed by atoms with Gasteiger partial charge in [-0.3, -0.25) is 0 Å². The summed E-state index contributed by atoms with van der Waals surface area (Å²) >= 11 is 5.55. The van der Waals surface area contributed by atoms with Gasteiger partial charge < -0.3 is 10.2 Å². The van der Waals surface area contributed by atoms with Crippen molar-refractivity contribution >= 4 is 11.6 Å². The fourth-order valence-corrected chi connectivity index (χ4v) is 1.01. The molecule has 0 saturated heterocycles. The minimum Gasteiger partial charge on any atom is -0.449 e. The molecule has 0 saturated carbocycles. The Hall–Kier alpha value is -0.540. The minimum atomic E-state index is -0.743. The standard InChI is InChI=1S/C8H11ClFNO/c1-8(4-10,5-11)6-2-3-7(9)12-6/h2-3H,4-5,11H2,1H3. The Bertz CT molecular complexity index is 257. The van der Waals surface area contributed by atoms with Gasteiger partial charge in [0.05, 0.1) is 5.41 Å². The lowest BCUT2D eigenvalue weighted by molar-refractivity contribution is 0.284. The Kier molecular flexibility index (Phi) is 2.75. The van der Waals surface area contributed by atoms with Gasteiger partial charge >= 0.3 is 0 Å². The molecule has 0 aromatic carbocycles. The van der Waals surface area contributed by atoms with Crippen molar-refractivity contribution in [1.82, 2.24) is 0 Å². The van der Waals surface area contributed by atoms with Gasteiger partial charge in [-0.2, -0.15) is 0 Å². The van der Waals surface area contributed by atoms with Crippen LogP contribution in [0.1, 0.15) is 12.7 Å². The van der Waals surface area contributed by atoms with Gasteiger partial charge in [-0.05, 0) is 30.7 Å². The summed E-state index contributed by atoms with van der Waals surface area (Å²) in [6, 6.07) is 3.23. The Morgan fingerprint density at radius 2 is 2.33 bits per heavy atom. The monoisotopic (exact) mass is 191 g/mol. The van der Waals surface area contributed by atoms with Crippen molar-refractivity contribution < 1.29 is 8.81 Å². The number of rotatable bonds is 3. The second kappa shape index (κ2) is 3.46.